The number of halogens is 1. The van der Waals surface area contributed by atoms with Gasteiger partial charge in [0, 0.05) is 18.5 Å². The molecule has 0 bridgehead atoms. The fourth-order valence-electron chi connectivity index (χ4n) is 2.61. The quantitative estimate of drug-likeness (QED) is 0.838. The molecule has 6 nitrogen and oxygen atoms in total. The van der Waals surface area contributed by atoms with Gasteiger partial charge in [0.05, 0.1) is 35.7 Å². The van der Waals surface area contributed by atoms with Crippen LogP contribution >= 0.6 is 0 Å². The fourth-order valence-corrected chi connectivity index (χ4v) is 2.61. The first-order chi connectivity index (χ1) is 11.8. The molecular formula is C18H23FN4O2. The van der Waals surface area contributed by atoms with Crippen LogP contribution in [0.1, 0.15) is 52.1 Å². The topological polar surface area (TPSA) is 60.2 Å². The van der Waals surface area contributed by atoms with E-state index in [0.29, 0.717) is 23.8 Å². The number of carbonyl (C=O) groups excluding carboxylic acids is 1. The Hall–Kier alpha value is -2.44. The lowest BCUT2D eigenvalue weighted by atomic mass is 10.2. The summed E-state index contributed by atoms with van der Waals surface area (Å²) in [7, 11) is 0. The van der Waals surface area contributed by atoms with Gasteiger partial charge in [0.15, 0.2) is 0 Å². The molecule has 7 heteroatoms. The van der Waals surface area contributed by atoms with Gasteiger partial charge in [0.25, 0.3) is 0 Å². The molecule has 0 unspecified atom stereocenters. The number of pyridine rings is 1. The van der Waals surface area contributed by atoms with Gasteiger partial charge in [-0.3, -0.25) is 9.88 Å². The van der Waals surface area contributed by atoms with E-state index in [4.69, 9.17) is 4.74 Å². The van der Waals surface area contributed by atoms with Crippen LogP contribution in [-0.4, -0.2) is 33.0 Å². The highest BCUT2D eigenvalue weighted by Crippen LogP contribution is 2.44. The summed E-state index contributed by atoms with van der Waals surface area (Å²) in [6, 6.07) is 1.37. The Labute approximate surface area is 146 Å². The van der Waals surface area contributed by atoms with Crippen molar-refractivity contribution in [2.75, 3.05) is 11.4 Å². The Morgan fingerprint density at radius 2 is 2.12 bits per heavy atom. The van der Waals surface area contributed by atoms with Gasteiger partial charge in [-0.1, -0.05) is 0 Å². The Morgan fingerprint density at radius 3 is 2.68 bits per heavy atom. The Morgan fingerprint density at radius 1 is 1.40 bits per heavy atom. The van der Waals surface area contributed by atoms with Crippen LogP contribution in [0.25, 0.3) is 5.69 Å². The summed E-state index contributed by atoms with van der Waals surface area (Å²) >= 11 is 0. The van der Waals surface area contributed by atoms with Gasteiger partial charge in [0.2, 0.25) is 0 Å². The first kappa shape index (κ1) is 17.4. The smallest absolute Gasteiger partial charge is 0.414 e. The Bertz CT molecular complexity index is 778. The molecule has 0 N–H and O–H groups in total. The van der Waals surface area contributed by atoms with Crippen LogP contribution in [0.15, 0.2) is 24.7 Å². The van der Waals surface area contributed by atoms with Crippen LogP contribution in [-0.2, 0) is 4.74 Å². The van der Waals surface area contributed by atoms with E-state index in [1.807, 2.05) is 27.7 Å². The van der Waals surface area contributed by atoms with Crippen LogP contribution in [0, 0.1) is 5.82 Å². The number of hydrogen-bond acceptors (Lipinski definition) is 4. The van der Waals surface area contributed by atoms with E-state index in [0.717, 1.165) is 24.7 Å². The zero-order valence-electron chi connectivity index (χ0n) is 15.0. The van der Waals surface area contributed by atoms with E-state index >= 15 is 0 Å². The number of ether oxygens (including phenoxy) is 1. The molecule has 1 aliphatic rings. The molecule has 2 heterocycles. The van der Waals surface area contributed by atoms with Crippen LogP contribution < -0.4 is 4.90 Å². The monoisotopic (exact) mass is 346 g/mol. The zero-order valence-corrected chi connectivity index (χ0v) is 15.0. The molecule has 3 rings (SSSR count). The van der Waals surface area contributed by atoms with Gasteiger partial charge in [-0.15, -0.1) is 0 Å². The minimum absolute atomic E-state index is 0.328. The van der Waals surface area contributed by atoms with Crippen molar-refractivity contribution >= 4 is 11.8 Å². The van der Waals surface area contributed by atoms with Gasteiger partial charge >= 0.3 is 6.09 Å². The lowest BCUT2D eigenvalue weighted by Gasteiger charge is -2.26. The van der Waals surface area contributed by atoms with Crippen molar-refractivity contribution < 1.29 is 13.9 Å². The van der Waals surface area contributed by atoms with E-state index in [-0.39, 0.29) is 0 Å². The summed E-state index contributed by atoms with van der Waals surface area (Å²) in [6.45, 7) is 7.86. The van der Waals surface area contributed by atoms with Crippen LogP contribution in [0.4, 0.5) is 14.9 Å². The molecule has 2 aromatic rings. The highest BCUT2D eigenvalue weighted by Gasteiger charge is 2.34. The fraction of sp³-hybridized carbons (Fsp3) is 0.500. The first-order valence-corrected chi connectivity index (χ1v) is 8.49. The van der Waals surface area contributed by atoms with Crippen molar-refractivity contribution in [3.63, 3.8) is 0 Å². The van der Waals surface area contributed by atoms with E-state index in [2.05, 4.69) is 10.1 Å². The second kappa shape index (κ2) is 6.46. The van der Waals surface area contributed by atoms with Gasteiger partial charge in [-0.05, 0) is 40.5 Å². The maximum Gasteiger partial charge on any atom is 0.414 e. The molecule has 1 amide bonds. The normalized spacial score (nSPS) is 14.4. The molecule has 0 radical (unpaired) electrons. The van der Waals surface area contributed by atoms with Crippen LogP contribution in [0.2, 0.25) is 0 Å². The van der Waals surface area contributed by atoms with Gasteiger partial charge in [0.1, 0.15) is 11.4 Å². The predicted octanol–water partition coefficient (Wildman–Crippen LogP) is 4.05. The summed E-state index contributed by atoms with van der Waals surface area (Å²) in [6.07, 6.45) is 6.11. The summed E-state index contributed by atoms with van der Waals surface area (Å²) in [5, 5.41) is 4.59. The van der Waals surface area contributed by atoms with Crippen LogP contribution in [0.5, 0.6) is 0 Å². The highest BCUT2D eigenvalue weighted by molar-refractivity contribution is 5.88. The van der Waals surface area contributed by atoms with Crippen molar-refractivity contribution in [1.82, 2.24) is 14.8 Å². The summed E-state index contributed by atoms with van der Waals surface area (Å²) < 4.78 is 20.6. The molecule has 0 atom stereocenters. The largest absolute Gasteiger partial charge is 0.443 e. The molecule has 1 fully saturated rings. The second-order valence-corrected chi connectivity index (χ2v) is 7.20. The summed E-state index contributed by atoms with van der Waals surface area (Å²) in [5.74, 6) is -0.101. The zero-order chi connectivity index (χ0) is 18.2. The van der Waals surface area contributed by atoms with Crippen molar-refractivity contribution in [1.29, 1.82) is 0 Å². The molecule has 134 valence electrons. The molecule has 1 aliphatic carbocycles. The third kappa shape index (κ3) is 3.97. The number of aromatic nitrogens is 3. The molecule has 0 saturated heterocycles. The minimum atomic E-state index is -0.577. The Balaban J connectivity index is 1.98. The number of rotatable bonds is 4. The molecule has 1 saturated carbocycles. The third-order valence-electron chi connectivity index (χ3n) is 3.86. The number of hydrogen-bond donors (Lipinski definition) is 0. The van der Waals surface area contributed by atoms with Gasteiger partial charge < -0.3 is 4.74 Å². The van der Waals surface area contributed by atoms with E-state index in [9.17, 15) is 9.18 Å². The number of amides is 1. The molecule has 0 aromatic carbocycles. The van der Waals surface area contributed by atoms with E-state index in [1.165, 1.54) is 6.07 Å². The molecule has 25 heavy (non-hydrogen) atoms. The summed E-state index contributed by atoms with van der Waals surface area (Å²) in [4.78, 5) is 18.0. The van der Waals surface area contributed by atoms with Gasteiger partial charge in [-0.2, -0.15) is 5.10 Å². The van der Waals surface area contributed by atoms with E-state index < -0.39 is 17.5 Å². The molecule has 2 aromatic heterocycles. The number of carbonyl (C=O) groups is 1. The maximum atomic E-state index is 13.5. The SMILES string of the molecule is CCN(C(=O)OC(C)(C)C)c1cn(-c2cncc(F)c2)nc1C1CC1. The average Bonchev–Trinajstić information content (AvgIpc) is 3.26. The molecular weight excluding hydrogens is 323 g/mol. The van der Waals surface area contributed by atoms with Crippen molar-refractivity contribution in [2.45, 2.75) is 52.1 Å². The Kier molecular flexibility index (Phi) is 4.49. The average molecular weight is 346 g/mol. The highest BCUT2D eigenvalue weighted by atomic mass is 19.1. The predicted molar refractivity (Wildman–Crippen MR) is 92.5 cm³/mol. The van der Waals surface area contributed by atoms with Crippen molar-refractivity contribution in [3.05, 3.63) is 36.2 Å². The van der Waals surface area contributed by atoms with Crippen LogP contribution in [0.3, 0.4) is 0 Å². The lowest BCUT2D eigenvalue weighted by Crippen LogP contribution is -2.37. The summed E-state index contributed by atoms with van der Waals surface area (Å²) in [5.41, 5.74) is 1.50. The van der Waals surface area contributed by atoms with E-state index in [1.54, 1.807) is 22.0 Å². The first-order valence-electron chi connectivity index (χ1n) is 8.49. The number of anilines is 1. The standard InChI is InChI=1S/C18H23FN4O2/c1-5-22(17(24)25-18(2,3)4)15-11-23(21-16(15)12-6-7-12)14-8-13(19)9-20-10-14/h8-12H,5-7H2,1-4H3. The minimum Gasteiger partial charge on any atom is -0.443 e. The van der Waals surface area contributed by atoms with Crippen molar-refractivity contribution in [2.24, 2.45) is 0 Å². The maximum absolute atomic E-state index is 13.5. The third-order valence-corrected chi connectivity index (χ3v) is 3.86. The van der Waals surface area contributed by atoms with Gasteiger partial charge in [-0.25, -0.2) is 13.9 Å². The number of nitrogens with zero attached hydrogens (tertiary/aromatic N) is 4. The van der Waals surface area contributed by atoms with Crippen molar-refractivity contribution in [3.8, 4) is 5.69 Å². The molecule has 0 spiro atoms. The second-order valence-electron chi connectivity index (χ2n) is 7.20. The molecule has 0 aliphatic heterocycles. The lowest BCUT2D eigenvalue weighted by molar-refractivity contribution is 0.0582.